The number of carbonyl (C=O) groups is 1. The highest BCUT2D eigenvalue weighted by Crippen LogP contribution is 2.54. The molecule has 0 spiro atoms. The molecule has 4 heteroatoms. The summed E-state index contributed by atoms with van der Waals surface area (Å²) in [5, 5.41) is 9.35. The Morgan fingerprint density at radius 2 is 2.13 bits per heavy atom. The number of aliphatic hydroxyl groups excluding tert-OH is 1. The van der Waals surface area contributed by atoms with E-state index in [1.165, 1.54) is 0 Å². The Morgan fingerprint density at radius 3 is 2.67 bits per heavy atom. The maximum Gasteiger partial charge on any atom is 0.177 e. The van der Waals surface area contributed by atoms with Crippen LogP contribution >= 0.6 is 0 Å². The molecule has 2 bridgehead atoms. The van der Waals surface area contributed by atoms with Gasteiger partial charge < -0.3 is 14.6 Å². The lowest BCUT2D eigenvalue weighted by atomic mass is 9.72. The number of carbonyl (C=O) groups excluding carboxylic acids is 1. The summed E-state index contributed by atoms with van der Waals surface area (Å²) >= 11 is 0. The van der Waals surface area contributed by atoms with Crippen molar-refractivity contribution in [3.8, 4) is 0 Å². The number of Topliss-reactive ketones (excluding diaryl/α,β-unsaturated/α-hetero) is 1. The fraction of sp³-hybridized carbons (Fsp3) is 0.909. The highest BCUT2D eigenvalue weighted by Gasteiger charge is 2.58. The van der Waals surface area contributed by atoms with Crippen LogP contribution in [0.1, 0.15) is 25.7 Å². The minimum absolute atomic E-state index is 0.0359. The fourth-order valence-corrected chi connectivity index (χ4v) is 3.10. The molecule has 0 aromatic heterocycles. The van der Waals surface area contributed by atoms with Gasteiger partial charge in [0, 0.05) is 20.1 Å². The Balaban J connectivity index is 2.29. The van der Waals surface area contributed by atoms with Crippen molar-refractivity contribution in [1.29, 1.82) is 0 Å². The summed E-state index contributed by atoms with van der Waals surface area (Å²) in [6, 6.07) is 0. The third-order valence-corrected chi connectivity index (χ3v) is 4.22. The monoisotopic (exact) mass is 214 g/mol. The molecule has 2 rings (SSSR count). The summed E-state index contributed by atoms with van der Waals surface area (Å²) in [6.45, 7) is -0.0359. The lowest BCUT2D eigenvalue weighted by Crippen LogP contribution is -2.50. The van der Waals surface area contributed by atoms with Gasteiger partial charge in [0.1, 0.15) is 5.78 Å². The second-order valence-corrected chi connectivity index (χ2v) is 4.70. The number of methoxy groups -OCH3 is 2. The number of ether oxygens (including phenoxy) is 2. The summed E-state index contributed by atoms with van der Waals surface area (Å²) < 4.78 is 10.8. The Morgan fingerprint density at radius 1 is 1.47 bits per heavy atom. The molecule has 2 aliphatic rings. The molecule has 0 heterocycles. The van der Waals surface area contributed by atoms with Crippen molar-refractivity contribution in [1.82, 2.24) is 0 Å². The van der Waals surface area contributed by atoms with Gasteiger partial charge in [-0.25, -0.2) is 0 Å². The molecule has 0 saturated heterocycles. The Kier molecular flexibility index (Phi) is 2.61. The van der Waals surface area contributed by atoms with Crippen LogP contribution in [0.5, 0.6) is 0 Å². The molecule has 4 nitrogen and oxygen atoms in total. The number of hydrogen-bond donors (Lipinski definition) is 1. The van der Waals surface area contributed by atoms with E-state index in [9.17, 15) is 9.90 Å². The van der Waals surface area contributed by atoms with Gasteiger partial charge in [0.05, 0.1) is 18.4 Å². The highest BCUT2D eigenvalue weighted by atomic mass is 16.7. The van der Waals surface area contributed by atoms with Crippen LogP contribution in [-0.4, -0.2) is 37.5 Å². The minimum atomic E-state index is -0.744. The summed E-state index contributed by atoms with van der Waals surface area (Å²) in [5.74, 6) is -0.425. The molecule has 1 N–H and O–H groups in total. The maximum absolute atomic E-state index is 12.0. The van der Waals surface area contributed by atoms with Crippen LogP contribution in [0.4, 0.5) is 0 Å². The van der Waals surface area contributed by atoms with E-state index in [2.05, 4.69) is 0 Å². The van der Waals surface area contributed by atoms with Crippen LogP contribution < -0.4 is 0 Å². The second-order valence-electron chi connectivity index (χ2n) is 4.70. The van der Waals surface area contributed by atoms with E-state index in [0.29, 0.717) is 6.42 Å². The zero-order chi connectivity index (χ0) is 11.1. The van der Waals surface area contributed by atoms with Gasteiger partial charge in [0.25, 0.3) is 0 Å². The van der Waals surface area contributed by atoms with E-state index >= 15 is 0 Å². The molecule has 0 aromatic rings. The smallest absolute Gasteiger partial charge is 0.177 e. The lowest BCUT2D eigenvalue weighted by molar-refractivity contribution is -0.249. The molecule has 0 aliphatic heterocycles. The van der Waals surface area contributed by atoms with Crippen molar-refractivity contribution in [2.45, 2.75) is 31.5 Å². The van der Waals surface area contributed by atoms with E-state index in [-0.39, 0.29) is 24.7 Å². The van der Waals surface area contributed by atoms with Crippen LogP contribution in [0.3, 0.4) is 0 Å². The molecule has 2 aliphatic carbocycles. The molecular weight excluding hydrogens is 196 g/mol. The van der Waals surface area contributed by atoms with Gasteiger partial charge in [-0.3, -0.25) is 4.79 Å². The zero-order valence-electron chi connectivity index (χ0n) is 9.28. The molecular formula is C11H18O4. The number of fused-ring (bicyclic) bond motifs is 2. The largest absolute Gasteiger partial charge is 0.395 e. The van der Waals surface area contributed by atoms with Crippen LogP contribution in [0, 0.1) is 11.3 Å². The quantitative estimate of drug-likeness (QED) is 0.704. The van der Waals surface area contributed by atoms with Gasteiger partial charge in [0.15, 0.2) is 5.79 Å². The predicted octanol–water partition coefficient (Wildman–Crippen LogP) is 0.727. The van der Waals surface area contributed by atoms with Crippen LogP contribution in [0.15, 0.2) is 0 Å². The van der Waals surface area contributed by atoms with Crippen molar-refractivity contribution >= 4 is 5.78 Å². The number of rotatable bonds is 3. The van der Waals surface area contributed by atoms with Gasteiger partial charge in [-0.05, 0) is 19.3 Å². The number of aliphatic hydroxyl groups is 1. The normalized spacial score (nSPS) is 38.3. The van der Waals surface area contributed by atoms with Crippen molar-refractivity contribution < 1.29 is 19.4 Å². The van der Waals surface area contributed by atoms with Gasteiger partial charge in [-0.2, -0.15) is 0 Å². The Bertz CT molecular complexity index is 272. The molecule has 2 saturated carbocycles. The van der Waals surface area contributed by atoms with Crippen molar-refractivity contribution in [2.24, 2.45) is 11.3 Å². The lowest BCUT2D eigenvalue weighted by Gasteiger charge is -2.42. The van der Waals surface area contributed by atoms with Gasteiger partial charge in [-0.1, -0.05) is 0 Å². The van der Waals surface area contributed by atoms with Crippen molar-refractivity contribution in [3.63, 3.8) is 0 Å². The molecule has 0 radical (unpaired) electrons. The molecule has 2 unspecified atom stereocenters. The van der Waals surface area contributed by atoms with Gasteiger partial charge in [-0.15, -0.1) is 0 Å². The van der Waals surface area contributed by atoms with E-state index in [0.717, 1.165) is 12.8 Å². The van der Waals surface area contributed by atoms with Crippen LogP contribution in [-0.2, 0) is 14.3 Å². The van der Waals surface area contributed by atoms with Crippen LogP contribution in [0.25, 0.3) is 0 Å². The predicted molar refractivity (Wildman–Crippen MR) is 53.2 cm³/mol. The van der Waals surface area contributed by atoms with Gasteiger partial charge in [0.2, 0.25) is 0 Å². The van der Waals surface area contributed by atoms with E-state index in [4.69, 9.17) is 9.47 Å². The fourth-order valence-electron chi connectivity index (χ4n) is 3.10. The first kappa shape index (κ1) is 11.0. The van der Waals surface area contributed by atoms with E-state index < -0.39 is 11.2 Å². The minimum Gasteiger partial charge on any atom is -0.395 e. The first-order chi connectivity index (χ1) is 7.12. The molecule has 0 aromatic carbocycles. The summed E-state index contributed by atoms with van der Waals surface area (Å²) in [6.07, 6.45) is 2.63. The molecule has 2 fully saturated rings. The zero-order valence-corrected chi connectivity index (χ0v) is 9.28. The Hall–Kier alpha value is -0.450. The SMILES string of the molecule is COC1(OC)CC(=O)C2(CO)CCC1C2. The Labute approximate surface area is 89.6 Å². The second kappa shape index (κ2) is 3.54. The van der Waals surface area contributed by atoms with E-state index in [1.807, 2.05) is 0 Å². The first-order valence-electron chi connectivity index (χ1n) is 5.37. The average Bonchev–Trinajstić information content (AvgIpc) is 2.67. The molecule has 86 valence electrons. The van der Waals surface area contributed by atoms with Gasteiger partial charge >= 0.3 is 0 Å². The number of ketones is 1. The highest BCUT2D eigenvalue weighted by molar-refractivity contribution is 5.87. The average molecular weight is 214 g/mol. The maximum atomic E-state index is 12.0. The summed E-state index contributed by atoms with van der Waals surface area (Å²) in [4.78, 5) is 12.0. The number of hydrogen-bond acceptors (Lipinski definition) is 4. The standard InChI is InChI=1S/C11H18O4/c1-14-11(15-2)6-9(13)10(7-12)4-3-8(11)5-10/h8,12H,3-7H2,1-2H3. The van der Waals surface area contributed by atoms with Crippen molar-refractivity contribution in [2.75, 3.05) is 20.8 Å². The van der Waals surface area contributed by atoms with Crippen molar-refractivity contribution in [3.05, 3.63) is 0 Å². The van der Waals surface area contributed by atoms with E-state index in [1.54, 1.807) is 14.2 Å². The molecule has 2 atom stereocenters. The molecule has 15 heavy (non-hydrogen) atoms. The third kappa shape index (κ3) is 1.35. The third-order valence-electron chi connectivity index (χ3n) is 4.22. The molecule has 0 amide bonds. The summed E-state index contributed by atoms with van der Waals surface area (Å²) in [7, 11) is 3.17. The topological polar surface area (TPSA) is 55.8 Å². The summed E-state index contributed by atoms with van der Waals surface area (Å²) in [5.41, 5.74) is -0.495. The van der Waals surface area contributed by atoms with Crippen LogP contribution in [0.2, 0.25) is 0 Å². The first-order valence-corrected chi connectivity index (χ1v) is 5.37.